The maximum absolute atomic E-state index is 13.7. The number of amides is 3. The Morgan fingerprint density at radius 2 is 1.79 bits per heavy atom. The molecule has 47 heavy (non-hydrogen) atoms. The fourth-order valence-electron chi connectivity index (χ4n) is 6.84. The number of likely N-dealkylation sites (tertiary alicyclic amines) is 1. The molecule has 3 aromatic rings. The van der Waals surface area contributed by atoms with Crippen molar-refractivity contribution in [2.75, 3.05) is 26.7 Å². The summed E-state index contributed by atoms with van der Waals surface area (Å²) < 4.78 is 18.2. The third-order valence-electron chi connectivity index (χ3n) is 9.54. The lowest BCUT2D eigenvalue weighted by Crippen LogP contribution is -2.49. The van der Waals surface area contributed by atoms with Crippen LogP contribution in [0, 0.1) is 0 Å². The van der Waals surface area contributed by atoms with Gasteiger partial charge in [-0.15, -0.1) is 0 Å². The number of H-pyrrole nitrogens is 1. The van der Waals surface area contributed by atoms with Gasteiger partial charge in [-0.3, -0.25) is 19.2 Å². The van der Waals surface area contributed by atoms with Gasteiger partial charge in [0.15, 0.2) is 11.5 Å². The van der Waals surface area contributed by atoms with E-state index >= 15 is 0 Å². The van der Waals surface area contributed by atoms with Crippen molar-refractivity contribution in [3.63, 3.8) is 0 Å². The predicted octanol–water partition coefficient (Wildman–Crippen LogP) is 3.52. The Bertz CT molecular complexity index is 1750. The Kier molecular flexibility index (Phi) is 8.72. The molecule has 2 atom stereocenters. The highest BCUT2D eigenvalue weighted by Crippen LogP contribution is 2.34. The van der Waals surface area contributed by atoms with E-state index < -0.39 is 17.7 Å². The van der Waals surface area contributed by atoms with Crippen molar-refractivity contribution in [1.82, 2.24) is 20.1 Å². The van der Waals surface area contributed by atoms with Crippen LogP contribution in [-0.4, -0.2) is 77.4 Å². The third kappa shape index (κ3) is 6.90. The number of rotatable bonds is 3. The summed E-state index contributed by atoms with van der Waals surface area (Å²) in [5.41, 5.74) is 3.41. The van der Waals surface area contributed by atoms with Gasteiger partial charge in [-0.05, 0) is 92.0 Å². The smallest absolute Gasteiger partial charge is 0.261 e. The SMILES string of the molecule is COc1cc2ccc1Oc1cccc(c1)CO[C@H]1CN(C(=O)c3cc4c([nH]c3=O)CCCC4)C[C@@H]1NC(=O)CN(C1CC1)C(=O)CC2. The van der Waals surface area contributed by atoms with Crippen molar-refractivity contribution in [2.24, 2.45) is 0 Å². The molecule has 4 heterocycles. The Hall–Kier alpha value is -4.64. The van der Waals surface area contributed by atoms with Crippen molar-refractivity contribution in [3.05, 3.63) is 86.8 Å². The number of hydrogen-bond donors (Lipinski definition) is 2. The van der Waals surface area contributed by atoms with Crippen molar-refractivity contribution in [2.45, 2.75) is 76.2 Å². The highest BCUT2D eigenvalue weighted by molar-refractivity contribution is 5.94. The molecule has 2 aliphatic carbocycles. The van der Waals surface area contributed by atoms with Crippen LogP contribution in [0.2, 0.25) is 0 Å². The van der Waals surface area contributed by atoms with Crippen LogP contribution in [0.5, 0.6) is 17.2 Å². The first-order valence-corrected chi connectivity index (χ1v) is 16.5. The number of carbonyl (C=O) groups is 3. The van der Waals surface area contributed by atoms with Gasteiger partial charge in [0.1, 0.15) is 11.3 Å². The Balaban J connectivity index is 1.16. The topological polar surface area (TPSA) is 130 Å². The number of nitrogens with one attached hydrogen (secondary N) is 2. The van der Waals surface area contributed by atoms with Crippen LogP contribution in [0.25, 0.3) is 0 Å². The zero-order valence-corrected chi connectivity index (χ0v) is 26.6. The number of aromatic amines is 1. The number of fused-ring (bicyclic) bond motifs is 10. The van der Waals surface area contributed by atoms with Gasteiger partial charge in [-0.25, -0.2) is 0 Å². The second kappa shape index (κ2) is 13.2. The second-order valence-corrected chi connectivity index (χ2v) is 12.9. The minimum atomic E-state index is -0.538. The minimum absolute atomic E-state index is 0.0448. The van der Waals surface area contributed by atoms with Crippen LogP contribution >= 0.6 is 0 Å². The lowest BCUT2D eigenvalue weighted by molar-refractivity contribution is -0.137. The molecule has 0 unspecified atom stereocenters. The number of pyridine rings is 1. The highest BCUT2D eigenvalue weighted by atomic mass is 16.5. The van der Waals surface area contributed by atoms with E-state index in [9.17, 15) is 19.2 Å². The van der Waals surface area contributed by atoms with Crippen LogP contribution in [0.15, 0.2) is 53.3 Å². The van der Waals surface area contributed by atoms with E-state index in [1.54, 1.807) is 23.0 Å². The van der Waals surface area contributed by atoms with Crippen molar-refractivity contribution in [1.29, 1.82) is 0 Å². The number of hydrogen-bond acceptors (Lipinski definition) is 7. The molecule has 0 radical (unpaired) electrons. The second-order valence-electron chi connectivity index (χ2n) is 12.9. The van der Waals surface area contributed by atoms with E-state index in [0.717, 1.165) is 60.9 Å². The summed E-state index contributed by atoms with van der Waals surface area (Å²) in [7, 11) is 1.58. The van der Waals surface area contributed by atoms with Gasteiger partial charge in [0.25, 0.3) is 11.5 Å². The number of aryl methyl sites for hydroxylation is 3. The van der Waals surface area contributed by atoms with Gasteiger partial charge in [-0.2, -0.15) is 0 Å². The molecule has 246 valence electrons. The van der Waals surface area contributed by atoms with Crippen LogP contribution in [0.3, 0.4) is 0 Å². The van der Waals surface area contributed by atoms with Crippen LogP contribution in [0.1, 0.15) is 64.8 Å². The first kappa shape index (κ1) is 31.0. The standard InChI is InChI=1S/C36H40N4O7/c1-45-31-16-22-9-13-30(31)47-26-7-4-5-23(15-26)21-46-32-19-39(36(44)27-17-24-6-2-3-8-28(24)38-35(27)43)18-29(32)37-33(41)20-40(25-11-12-25)34(42)14-10-22/h4-5,7,9,13,15-17,25,29,32H,2-3,6,8,10-12,14,18-21H2,1H3,(H,37,41)(H,38,43)/t29-,32-/m0/s1. The molecule has 0 spiro atoms. The largest absolute Gasteiger partial charge is 0.493 e. The number of methoxy groups -OCH3 is 1. The maximum atomic E-state index is 13.7. The first-order valence-electron chi connectivity index (χ1n) is 16.5. The van der Waals surface area contributed by atoms with E-state index in [-0.39, 0.29) is 62.0 Å². The fourth-order valence-corrected chi connectivity index (χ4v) is 6.84. The summed E-state index contributed by atoms with van der Waals surface area (Å²) in [6, 6.07) is 14.4. The molecule has 2 N–H and O–H groups in total. The molecule has 3 aliphatic heterocycles. The zero-order chi connectivity index (χ0) is 32.5. The molecule has 1 aromatic heterocycles. The average Bonchev–Trinajstić information content (AvgIpc) is 3.84. The van der Waals surface area contributed by atoms with E-state index in [1.807, 2.05) is 42.5 Å². The average molecular weight is 641 g/mol. The number of benzene rings is 2. The molecule has 5 aliphatic rings. The number of carbonyl (C=O) groups excluding carboxylic acids is 3. The molecule has 11 heteroatoms. The lowest BCUT2D eigenvalue weighted by atomic mass is 9.95. The third-order valence-corrected chi connectivity index (χ3v) is 9.54. The summed E-state index contributed by atoms with van der Waals surface area (Å²) in [5.74, 6) is 0.941. The molecule has 2 aromatic carbocycles. The molecule has 2 fully saturated rings. The molecule has 11 nitrogen and oxygen atoms in total. The monoisotopic (exact) mass is 640 g/mol. The van der Waals surface area contributed by atoms with Gasteiger partial charge < -0.3 is 34.3 Å². The molecule has 4 bridgehead atoms. The molecule has 1 saturated heterocycles. The van der Waals surface area contributed by atoms with Crippen LogP contribution < -0.4 is 20.3 Å². The van der Waals surface area contributed by atoms with E-state index in [0.29, 0.717) is 23.7 Å². The lowest BCUT2D eigenvalue weighted by Gasteiger charge is -2.25. The Labute approximate surface area is 273 Å². The molecular formula is C36H40N4O7. The minimum Gasteiger partial charge on any atom is -0.493 e. The number of aromatic nitrogens is 1. The van der Waals surface area contributed by atoms with Crippen molar-refractivity contribution in [3.8, 4) is 17.2 Å². The van der Waals surface area contributed by atoms with Gasteiger partial charge in [0.2, 0.25) is 11.8 Å². The molecule has 8 rings (SSSR count). The van der Waals surface area contributed by atoms with Crippen molar-refractivity contribution < 1.29 is 28.6 Å². The number of nitrogens with zero attached hydrogens (tertiary/aromatic N) is 2. The van der Waals surface area contributed by atoms with Crippen LogP contribution in [-0.2, 0) is 40.2 Å². The van der Waals surface area contributed by atoms with E-state index in [4.69, 9.17) is 14.2 Å². The normalized spacial score (nSPS) is 21.9. The molecule has 1 saturated carbocycles. The zero-order valence-electron chi connectivity index (χ0n) is 26.6. The quantitative estimate of drug-likeness (QED) is 0.448. The summed E-state index contributed by atoms with van der Waals surface area (Å²) in [4.78, 5) is 59.8. The first-order chi connectivity index (χ1) is 22.8. The van der Waals surface area contributed by atoms with Crippen LogP contribution in [0.4, 0.5) is 0 Å². The van der Waals surface area contributed by atoms with Gasteiger partial charge in [0, 0.05) is 31.2 Å². The maximum Gasteiger partial charge on any atom is 0.261 e. The predicted molar refractivity (Wildman–Crippen MR) is 173 cm³/mol. The summed E-state index contributed by atoms with van der Waals surface area (Å²) in [6.07, 6.45) is 5.61. The Morgan fingerprint density at radius 1 is 0.936 bits per heavy atom. The van der Waals surface area contributed by atoms with E-state index in [1.165, 1.54) is 0 Å². The highest BCUT2D eigenvalue weighted by Gasteiger charge is 2.40. The number of ether oxygens (including phenoxy) is 3. The van der Waals surface area contributed by atoms with Gasteiger partial charge in [0.05, 0.1) is 32.4 Å². The summed E-state index contributed by atoms with van der Waals surface area (Å²) >= 11 is 0. The van der Waals surface area contributed by atoms with Gasteiger partial charge >= 0.3 is 0 Å². The van der Waals surface area contributed by atoms with Gasteiger partial charge in [-0.1, -0.05) is 18.2 Å². The summed E-state index contributed by atoms with van der Waals surface area (Å²) in [6.45, 7) is 0.521. The Morgan fingerprint density at radius 3 is 2.62 bits per heavy atom. The molecule has 3 amide bonds. The van der Waals surface area contributed by atoms with E-state index in [2.05, 4.69) is 10.3 Å². The fraction of sp³-hybridized carbons (Fsp3) is 0.444. The van der Waals surface area contributed by atoms with Crippen molar-refractivity contribution >= 4 is 17.7 Å². The summed E-state index contributed by atoms with van der Waals surface area (Å²) in [5, 5.41) is 3.07. The molecular weight excluding hydrogens is 600 g/mol.